The fraction of sp³-hybridized carbons (Fsp3) is 0.385. The fourth-order valence-corrected chi connectivity index (χ4v) is 2.15. The van der Waals surface area contributed by atoms with Gasteiger partial charge in [-0.1, -0.05) is 18.5 Å². The van der Waals surface area contributed by atoms with Gasteiger partial charge in [0, 0.05) is 5.02 Å². The van der Waals surface area contributed by atoms with Crippen molar-refractivity contribution in [2.75, 3.05) is 7.11 Å². The summed E-state index contributed by atoms with van der Waals surface area (Å²) in [6.45, 7) is 2.00. The van der Waals surface area contributed by atoms with Crippen LogP contribution in [0, 0.1) is 0 Å². The summed E-state index contributed by atoms with van der Waals surface area (Å²) in [5.41, 5.74) is 0.682. The number of amides is 3. The molecule has 0 bridgehead atoms. The summed E-state index contributed by atoms with van der Waals surface area (Å²) in [5.74, 6) is 0.421. The zero-order valence-corrected chi connectivity index (χ0v) is 11.5. The molecule has 2 rings (SSSR count). The molecule has 1 aromatic carbocycles. The second kappa shape index (κ2) is 5.48. The molecule has 1 atom stereocenters. The van der Waals surface area contributed by atoms with Gasteiger partial charge in [-0.2, -0.15) is 0 Å². The van der Waals surface area contributed by atoms with Crippen molar-refractivity contribution < 1.29 is 14.3 Å². The highest BCUT2D eigenvalue weighted by molar-refractivity contribution is 6.31. The molecule has 1 saturated heterocycles. The molecule has 102 valence electrons. The Morgan fingerprint density at radius 2 is 2.16 bits per heavy atom. The number of carbonyl (C=O) groups is 2. The van der Waals surface area contributed by atoms with Crippen molar-refractivity contribution in [2.24, 2.45) is 0 Å². The van der Waals surface area contributed by atoms with Gasteiger partial charge in [0.2, 0.25) is 0 Å². The smallest absolute Gasteiger partial charge is 0.325 e. The molecular formula is C13H15ClN2O3. The normalized spacial score (nSPS) is 18.7. The first-order chi connectivity index (χ1) is 9.06. The Morgan fingerprint density at radius 3 is 2.74 bits per heavy atom. The number of nitrogens with one attached hydrogen (secondary N) is 1. The van der Waals surface area contributed by atoms with Crippen molar-refractivity contribution in [1.82, 2.24) is 10.2 Å². The third-order valence-corrected chi connectivity index (χ3v) is 3.47. The second-order valence-electron chi connectivity index (χ2n) is 4.29. The number of ether oxygens (including phenoxy) is 1. The van der Waals surface area contributed by atoms with E-state index in [4.69, 9.17) is 16.3 Å². The third kappa shape index (κ3) is 2.66. The lowest BCUT2D eigenvalue weighted by Gasteiger charge is -2.14. The third-order valence-electron chi connectivity index (χ3n) is 3.10. The van der Waals surface area contributed by atoms with Crippen molar-refractivity contribution in [3.05, 3.63) is 28.8 Å². The number of halogens is 1. The van der Waals surface area contributed by atoms with Crippen LogP contribution in [0.25, 0.3) is 0 Å². The minimum absolute atomic E-state index is 0.150. The van der Waals surface area contributed by atoms with Gasteiger partial charge >= 0.3 is 6.03 Å². The Balaban J connectivity index is 2.21. The van der Waals surface area contributed by atoms with Crippen LogP contribution >= 0.6 is 11.6 Å². The first-order valence-electron chi connectivity index (χ1n) is 6.01. The molecule has 1 aromatic rings. The number of benzene rings is 1. The van der Waals surface area contributed by atoms with Crippen molar-refractivity contribution in [3.63, 3.8) is 0 Å². The Bertz CT molecular complexity index is 519. The highest BCUT2D eigenvalue weighted by atomic mass is 35.5. The molecule has 1 aliphatic rings. The molecule has 0 unspecified atom stereocenters. The number of hydrogen-bond donors (Lipinski definition) is 1. The summed E-state index contributed by atoms with van der Waals surface area (Å²) < 4.78 is 5.11. The van der Waals surface area contributed by atoms with Gasteiger partial charge in [-0.15, -0.1) is 0 Å². The predicted octanol–water partition coefficient (Wildman–Crippen LogP) is 2.18. The Kier molecular flexibility index (Phi) is 3.95. The molecule has 0 aromatic heterocycles. The van der Waals surface area contributed by atoms with Crippen molar-refractivity contribution in [2.45, 2.75) is 25.9 Å². The van der Waals surface area contributed by atoms with E-state index < -0.39 is 6.04 Å². The van der Waals surface area contributed by atoms with Crippen molar-refractivity contribution in [3.8, 4) is 5.75 Å². The lowest BCUT2D eigenvalue weighted by molar-refractivity contribution is -0.127. The zero-order valence-electron chi connectivity index (χ0n) is 10.8. The Hall–Kier alpha value is -1.75. The predicted molar refractivity (Wildman–Crippen MR) is 71.2 cm³/mol. The molecule has 0 saturated carbocycles. The van der Waals surface area contributed by atoms with Gasteiger partial charge in [0.1, 0.15) is 11.8 Å². The van der Waals surface area contributed by atoms with Gasteiger partial charge in [0.15, 0.2) is 0 Å². The zero-order chi connectivity index (χ0) is 14.0. The molecule has 6 heteroatoms. The maximum atomic E-state index is 12.0. The van der Waals surface area contributed by atoms with Gasteiger partial charge < -0.3 is 10.1 Å². The number of rotatable bonds is 4. The van der Waals surface area contributed by atoms with Gasteiger partial charge in [-0.05, 0) is 30.2 Å². The van der Waals surface area contributed by atoms with E-state index in [0.29, 0.717) is 22.8 Å². The maximum Gasteiger partial charge on any atom is 0.325 e. The summed E-state index contributed by atoms with van der Waals surface area (Å²) >= 11 is 6.07. The Labute approximate surface area is 116 Å². The van der Waals surface area contributed by atoms with E-state index in [0.717, 1.165) is 0 Å². The molecule has 5 nitrogen and oxygen atoms in total. The lowest BCUT2D eigenvalue weighted by Crippen LogP contribution is -2.30. The minimum atomic E-state index is -0.433. The fourth-order valence-electron chi connectivity index (χ4n) is 1.97. The first kappa shape index (κ1) is 13.7. The van der Waals surface area contributed by atoms with E-state index in [2.05, 4.69) is 5.32 Å². The number of methoxy groups -OCH3 is 1. The van der Waals surface area contributed by atoms with Crippen LogP contribution in [0.1, 0.15) is 18.9 Å². The van der Waals surface area contributed by atoms with Crippen LogP contribution in [0.5, 0.6) is 5.75 Å². The Morgan fingerprint density at radius 1 is 1.42 bits per heavy atom. The maximum absolute atomic E-state index is 12.0. The molecule has 1 fully saturated rings. The van der Waals surface area contributed by atoms with Crippen LogP contribution in [0.15, 0.2) is 18.2 Å². The standard InChI is InChI=1S/C13H15ClN2O3/c1-3-11-12(17)16(13(18)15-11)7-8-6-9(19-2)4-5-10(8)14/h4-6,11H,3,7H2,1-2H3,(H,15,18)/t11-/m0/s1. The SMILES string of the molecule is CC[C@@H]1NC(=O)N(Cc2cc(OC)ccc2Cl)C1=O. The summed E-state index contributed by atoms with van der Waals surface area (Å²) in [5, 5.41) is 3.14. The largest absolute Gasteiger partial charge is 0.497 e. The van der Waals surface area contributed by atoms with Crippen molar-refractivity contribution in [1.29, 1.82) is 0 Å². The molecule has 1 heterocycles. The van der Waals surface area contributed by atoms with Crippen LogP contribution < -0.4 is 10.1 Å². The van der Waals surface area contributed by atoms with E-state index in [-0.39, 0.29) is 18.5 Å². The molecule has 3 amide bonds. The van der Waals surface area contributed by atoms with E-state index in [1.54, 1.807) is 25.3 Å². The van der Waals surface area contributed by atoms with E-state index >= 15 is 0 Å². The van der Waals surface area contributed by atoms with Crippen LogP contribution in [0.2, 0.25) is 5.02 Å². The van der Waals surface area contributed by atoms with E-state index in [9.17, 15) is 9.59 Å². The molecular weight excluding hydrogens is 268 g/mol. The minimum Gasteiger partial charge on any atom is -0.497 e. The molecule has 1 aliphatic heterocycles. The van der Waals surface area contributed by atoms with Gasteiger partial charge in [0.05, 0.1) is 13.7 Å². The number of nitrogens with zero attached hydrogens (tertiary/aromatic N) is 1. The summed E-state index contributed by atoms with van der Waals surface area (Å²) in [6.07, 6.45) is 0.576. The molecule has 0 spiro atoms. The van der Waals surface area contributed by atoms with Crippen LogP contribution in [-0.2, 0) is 11.3 Å². The molecule has 0 radical (unpaired) electrons. The van der Waals surface area contributed by atoms with Gasteiger partial charge in [0.25, 0.3) is 5.91 Å². The molecule has 0 aliphatic carbocycles. The van der Waals surface area contributed by atoms with Crippen LogP contribution in [-0.4, -0.2) is 30.0 Å². The topological polar surface area (TPSA) is 58.6 Å². The number of urea groups is 1. The number of imide groups is 1. The van der Waals surface area contributed by atoms with Gasteiger partial charge in [-0.3, -0.25) is 9.69 Å². The van der Waals surface area contributed by atoms with Gasteiger partial charge in [-0.25, -0.2) is 4.79 Å². The number of carbonyl (C=O) groups excluding carboxylic acids is 2. The molecule has 19 heavy (non-hydrogen) atoms. The lowest BCUT2D eigenvalue weighted by atomic mass is 10.2. The van der Waals surface area contributed by atoms with E-state index in [1.807, 2.05) is 6.92 Å². The van der Waals surface area contributed by atoms with Crippen LogP contribution in [0.3, 0.4) is 0 Å². The summed E-state index contributed by atoms with van der Waals surface area (Å²) in [4.78, 5) is 24.9. The second-order valence-corrected chi connectivity index (χ2v) is 4.70. The number of hydrogen-bond acceptors (Lipinski definition) is 3. The monoisotopic (exact) mass is 282 g/mol. The summed E-state index contributed by atoms with van der Waals surface area (Å²) in [6, 6.07) is 4.33. The van der Waals surface area contributed by atoms with Crippen molar-refractivity contribution >= 4 is 23.5 Å². The highest BCUT2D eigenvalue weighted by Crippen LogP contribution is 2.24. The average Bonchev–Trinajstić information content (AvgIpc) is 2.68. The summed E-state index contributed by atoms with van der Waals surface area (Å²) in [7, 11) is 1.55. The first-order valence-corrected chi connectivity index (χ1v) is 6.39. The van der Waals surface area contributed by atoms with Crippen LogP contribution in [0.4, 0.5) is 4.79 Å². The van der Waals surface area contributed by atoms with E-state index in [1.165, 1.54) is 4.90 Å². The average molecular weight is 283 g/mol. The highest BCUT2D eigenvalue weighted by Gasteiger charge is 2.36. The molecule has 1 N–H and O–H groups in total. The quantitative estimate of drug-likeness (QED) is 0.861.